The molecule has 4 heteroatoms. The molecule has 1 aliphatic heterocycles. The molecule has 1 aromatic rings. The van der Waals surface area contributed by atoms with Gasteiger partial charge in [-0.1, -0.05) is 24.3 Å². The molecular weight excluding hydrogens is 240 g/mol. The van der Waals surface area contributed by atoms with Crippen LogP contribution in [0.25, 0.3) is 0 Å². The molecule has 3 rings (SSSR count). The number of rotatable bonds is 3. The number of hydrogen-bond donors (Lipinski definition) is 1. The van der Waals surface area contributed by atoms with Gasteiger partial charge in [-0.3, -0.25) is 14.6 Å². The van der Waals surface area contributed by atoms with Gasteiger partial charge in [-0.25, -0.2) is 0 Å². The van der Waals surface area contributed by atoms with Crippen molar-refractivity contribution in [1.29, 1.82) is 0 Å². The Hall–Kier alpha value is -1.39. The summed E-state index contributed by atoms with van der Waals surface area (Å²) < 4.78 is 0. The molecule has 1 heterocycles. The Kier molecular flexibility index (Phi) is 3.53. The second-order valence-corrected chi connectivity index (χ2v) is 5.54. The van der Waals surface area contributed by atoms with E-state index in [0.29, 0.717) is 6.04 Å². The summed E-state index contributed by atoms with van der Waals surface area (Å²) >= 11 is 0. The van der Waals surface area contributed by atoms with Crippen molar-refractivity contribution in [2.75, 3.05) is 32.7 Å². The van der Waals surface area contributed by atoms with E-state index in [0.717, 1.165) is 39.0 Å². The first kappa shape index (κ1) is 12.6. The zero-order valence-corrected chi connectivity index (χ0v) is 11.1. The number of aliphatic carboxylic acids is 1. The number of hydrogen-bond acceptors (Lipinski definition) is 3. The first-order chi connectivity index (χ1) is 9.22. The number of nitrogens with zero attached hydrogens (tertiary/aromatic N) is 2. The zero-order valence-electron chi connectivity index (χ0n) is 11.1. The number of carboxylic acid groups (broad SMARTS) is 1. The van der Waals surface area contributed by atoms with E-state index in [-0.39, 0.29) is 6.54 Å². The molecule has 0 bridgehead atoms. The summed E-state index contributed by atoms with van der Waals surface area (Å²) in [6, 6.07) is 9.31. The number of fused-ring (bicyclic) bond motifs is 1. The fourth-order valence-corrected chi connectivity index (χ4v) is 3.27. The van der Waals surface area contributed by atoms with Crippen molar-refractivity contribution in [3.8, 4) is 0 Å². The zero-order chi connectivity index (χ0) is 13.2. The van der Waals surface area contributed by atoms with Crippen molar-refractivity contribution < 1.29 is 9.90 Å². The fraction of sp³-hybridized carbons (Fsp3) is 0.533. The summed E-state index contributed by atoms with van der Waals surface area (Å²) in [7, 11) is 0. The van der Waals surface area contributed by atoms with Gasteiger partial charge in [0.2, 0.25) is 0 Å². The summed E-state index contributed by atoms with van der Waals surface area (Å²) in [5.41, 5.74) is 2.97. The number of benzene rings is 1. The molecule has 0 aromatic heterocycles. The standard InChI is InChI=1S/C15H20N2O2/c18-15(19)11-16-5-7-17(8-6-16)14-9-12-3-1-2-4-13(12)10-14/h1-4,14H,5-11H2,(H,18,19). The van der Waals surface area contributed by atoms with E-state index < -0.39 is 5.97 Å². The quantitative estimate of drug-likeness (QED) is 0.875. The third kappa shape index (κ3) is 2.80. The summed E-state index contributed by atoms with van der Waals surface area (Å²) in [5, 5.41) is 8.81. The van der Waals surface area contributed by atoms with Crippen LogP contribution in [0.1, 0.15) is 11.1 Å². The second kappa shape index (κ2) is 5.31. The minimum absolute atomic E-state index is 0.179. The van der Waals surface area contributed by atoms with Gasteiger partial charge < -0.3 is 5.11 Å². The van der Waals surface area contributed by atoms with Crippen LogP contribution in [0.15, 0.2) is 24.3 Å². The molecule has 0 atom stereocenters. The Morgan fingerprint density at radius 3 is 2.21 bits per heavy atom. The number of carbonyl (C=O) groups is 1. The maximum Gasteiger partial charge on any atom is 0.317 e. The van der Waals surface area contributed by atoms with Crippen molar-refractivity contribution in [3.05, 3.63) is 35.4 Å². The van der Waals surface area contributed by atoms with Crippen LogP contribution < -0.4 is 0 Å². The van der Waals surface area contributed by atoms with Crippen molar-refractivity contribution in [1.82, 2.24) is 9.80 Å². The second-order valence-electron chi connectivity index (χ2n) is 5.54. The van der Waals surface area contributed by atoms with Gasteiger partial charge in [-0.05, 0) is 24.0 Å². The lowest BCUT2D eigenvalue weighted by molar-refractivity contribution is -0.138. The summed E-state index contributed by atoms with van der Waals surface area (Å²) in [4.78, 5) is 15.3. The molecule has 19 heavy (non-hydrogen) atoms. The molecule has 1 saturated heterocycles. The van der Waals surface area contributed by atoms with Crippen molar-refractivity contribution >= 4 is 5.97 Å². The van der Waals surface area contributed by atoms with E-state index in [4.69, 9.17) is 5.11 Å². The molecule has 1 N–H and O–H groups in total. The highest BCUT2D eigenvalue weighted by Crippen LogP contribution is 2.25. The topological polar surface area (TPSA) is 43.8 Å². The van der Waals surface area contributed by atoms with Gasteiger partial charge in [0.15, 0.2) is 0 Å². The summed E-state index contributed by atoms with van der Waals surface area (Å²) in [6.45, 7) is 3.91. The van der Waals surface area contributed by atoms with Crippen molar-refractivity contribution in [3.63, 3.8) is 0 Å². The predicted molar refractivity (Wildman–Crippen MR) is 73.3 cm³/mol. The molecule has 0 unspecified atom stereocenters. The van der Waals surface area contributed by atoms with Gasteiger partial charge in [0.05, 0.1) is 6.54 Å². The molecule has 1 fully saturated rings. The largest absolute Gasteiger partial charge is 0.480 e. The molecular formula is C15H20N2O2. The Morgan fingerprint density at radius 1 is 1.11 bits per heavy atom. The Balaban J connectivity index is 1.55. The molecule has 2 aliphatic rings. The monoisotopic (exact) mass is 260 g/mol. The van der Waals surface area contributed by atoms with E-state index >= 15 is 0 Å². The Morgan fingerprint density at radius 2 is 1.68 bits per heavy atom. The minimum atomic E-state index is -0.721. The van der Waals surface area contributed by atoms with Crippen LogP contribution in [0.4, 0.5) is 0 Å². The molecule has 102 valence electrons. The Bertz CT molecular complexity index is 442. The van der Waals surface area contributed by atoms with Crippen LogP contribution >= 0.6 is 0 Å². The first-order valence-electron chi connectivity index (χ1n) is 6.97. The maximum atomic E-state index is 10.7. The number of piperazine rings is 1. The molecule has 0 spiro atoms. The van der Waals surface area contributed by atoms with Gasteiger partial charge in [0.25, 0.3) is 0 Å². The average molecular weight is 260 g/mol. The van der Waals surface area contributed by atoms with Crippen LogP contribution in [0.3, 0.4) is 0 Å². The van der Waals surface area contributed by atoms with E-state index in [1.807, 2.05) is 4.90 Å². The van der Waals surface area contributed by atoms with E-state index in [1.54, 1.807) is 0 Å². The van der Waals surface area contributed by atoms with Crippen molar-refractivity contribution in [2.45, 2.75) is 18.9 Å². The molecule has 0 radical (unpaired) electrons. The van der Waals surface area contributed by atoms with E-state index in [9.17, 15) is 4.79 Å². The number of carboxylic acids is 1. The third-order valence-corrected chi connectivity index (χ3v) is 4.31. The van der Waals surface area contributed by atoms with E-state index in [1.165, 1.54) is 11.1 Å². The predicted octanol–water partition coefficient (Wildman–Crippen LogP) is 0.856. The minimum Gasteiger partial charge on any atom is -0.480 e. The van der Waals surface area contributed by atoms with Crippen LogP contribution in [-0.4, -0.2) is 59.6 Å². The maximum absolute atomic E-state index is 10.7. The van der Waals surface area contributed by atoms with Gasteiger partial charge in [0, 0.05) is 32.2 Å². The highest BCUT2D eigenvalue weighted by Gasteiger charge is 2.29. The SMILES string of the molecule is O=C(O)CN1CCN(C2Cc3ccccc3C2)CC1. The summed E-state index contributed by atoms with van der Waals surface area (Å²) in [5.74, 6) is -0.721. The normalized spacial score (nSPS) is 21.5. The highest BCUT2D eigenvalue weighted by molar-refractivity contribution is 5.69. The molecule has 1 aromatic carbocycles. The lowest BCUT2D eigenvalue weighted by Crippen LogP contribution is -2.51. The molecule has 1 aliphatic carbocycles. The first-order valence-corrected chi connectivity index (χ1v) is 6.97. The van der Waals surface area contributed by atoms with E-state index in [2.05, 4.69) is 29.2 Å². The lowest BCUT2D eigenvalue weighted by atomic mass is 10.1. The van der Waals surface area contributed by atoms with Gasteiger partial charge >= 0.3 is 5.97 Å². The molecule has 0 amide bonds. The third-order valence-electron chi connectivity index (χ3n) is 4.31. The highest BCUT2D eigenvalue weighted by atomic mass is 16.4. The van der Waals surface area contributed by atoms with Gasteiger partial charge in [0.1, 0.15) is 0 Å². The van der Waals surface area contributed by atoms with Crippen LogP contribution in [0, 0.1) is 0 Å². The summed E-state index contributed by atoms with van der Waals surface area (Å²) in [6.07, 6.45) is 2.30. The van der Waals surface area contributed by atoms with Gasteiger partial charge in [-0.15, -0.1) is 0 Å². The van der Waals surface area contributed by atoms with Crippen LogP contribution in [0.5, 0.6) is 0 Å². The van der Waals surface area contributed by atoms with Crippen molar-refractivity contribution in [2.24, 2.45) is 0 Å². The van der Waals surface area contributed by atoms with Crippen LogP contribution in [0.2, 0.25) is 0 Å². The average Bonchev–Trinajstić information content (AvgIpc) is 2.82. The Labute approximate surface area is 113 Å². The molecule has 0 saturated carbocycles. The van der Waals surface area contributed by atoms with Gasteiger partial charge in [-0.2, -0.15) is 0 Å². The fourth-order valence-electron chi connectivity index (χ4n) is 3.27. The molecule has 4 nitrogen and oxygen atoms in total. The smallest absolute Gasteiger partial charge is 0.317 e. The lowest BCUT2D eigenvalue weighted by Gasteiger charge is -2.37. The van der Waals surface area contributed by atoms with Crippen LogP contribution in [-0.2, 0) is 17.6 Å².